The van der Waals surface area contributed by atoms with Gasteiger partial charge in [0.1, 0.15) is 11.6 Å². The van der Waals surface area contributed by atoms with Gasteiger partial charge in [-0.2, -0.15) is 0 Å². The normalized spacial score (nSPS) is 15.7. The van der Waals surface area contributed by atoms with Gasteiger partial charge in [0.2, 0.25) is 5.91 Å². The van der Waals surface area contributed by atoms with E-state index >= 15 is 0 Å². The summed E-state index contributed by atoms with van der Waals surface area (Å²) in [5.74, 6) is 0.733. The van der Waals surface area contributed by atoms with Gasteiger partial charge in [0, 0.05) is 29.8 Å². The number of nitrogens with zero attached hydrogens (tertiary/aromatic N) is 2. The van der Waals surface area contributed by atoms with Crippen LogP contribution in [0.25, 0.3) is 28.2 Å². The number of morpholine rings is 1. The molecule has 194 valence electrons. The van der Waals surface area contributed by atoms with E-state index in [1.54, 1.807) is 24.4 Å². The molecule has 9 heteroatoms. The molecule has 1 fully saturated rings. The topological polar surface area (TPSA) is 111 Å². The Bertz CT molecular complexity index is 1500. The van der Waals surface area contributed by atoms with E-state index in [0.29, 0.717) is 47.5 Å². The SMILES string of the molecule is CC1COCCN1C(=O)c1ccc(-c2cc(Cl)c3oc(CNC(=O)C=Cc4ccc(N)nc4)cc3c2)cc1. The number of anilines is 1. The van der Waals surface area contributed by atoms with Gasteiger partial charge in [-0.1, -0.05) is 23.7 Å². The minimum Gasteiger partial charge on any atom is -0.458 e. The molecule has 0 bridgehead atoms. The van der Waals surface area contributed by atoms with Crippen LogP contribution in [0.5, 0.6) is 0 Å². The molecule has 2 amide bonds. The molecule has 0 spiro atoms. The second-order valence-electron chi connectivity index (χ2n) is 9.16. The molecule has 5 rings (SSSR count). The summed E-state index contributed by atoms with van der Waals surface area (Å²) in [4.78, 5) is 31.0. The Balaban J connectivity index is 1.26. The number of fused-ring (bicyclic) bond motifs is 1. The third-order valence-corrected chi connectivity index (χ3v) is 6.67. The van der Waals surface area contributed by atoms with Crippen LogP contribution in [0.15, 0.2) is 71.3 Å². The lowest BCUT2D eigenvalue weighted by molar-refractivity contribution is -0.116. The highest BCUT2D eigenvalue weighted by atomic mass is 35.5. The number of pyridine rings is 1. The van der Waals surface area contributed by atoms with Crippen LogP contribution in [-0.2, 0) is 16.1 Å². The summed E-state index contributed by atoms with van der Waals surface area (Å²) in [6, 6.07) is 16.7. The fourth-order valence-corrected chi connectivity index (χ4v) is 4.60. The summed E-state index contributed by atoms with van der Waals surface area (Å²) in [5, 5.41) is 4.09. The molecule has 0 aliphatic carbocycles. The van der Waals surface area contributed by atoms with Crippen LogP contribution >= 0.6 is 11.6 Å². The number of halogens is 1. The molecule has 2 aromatic heterocycles. The zero-order valence-corrected chi connectivity index (χ0v) is 21.6. The molecule has 3 heterocycles. The minimum atomic E-state index is -0.268. The van der Waals surface area contributed by atoms with Crippen LogP contribution in [0.3, 0.4) is 0 Å². The van der Waals surface area contributed by atoms with Crippen molar-refractivity contribution in [1.82, 2.24) is 15.2 Å². The molecule has 3 N–H and O–H groups in total. The number of furan rings is 1. The number of hydrogen-bond donors (Lipinski definition) is 2. The van der Waals surface area contributed by atoms with Crippen molar-refractivity contribution in [2.24, 2.45) is 0 Å². The summed E-state index contributed by atoms with van der Waals surface area (Å²) >= 11 is 6.54. The Labute approximate surface area is 225 Å². The maximum Gasteiger partial charge on any atom is 0.254 e. The van der Waals surface area contributed by atoms with Crippen LogP contribution in [-0.4, -0.2) is 47.5 Å². The van der Waals surface area contributed by atoms with Crippen molar-refractivity contribution in [3.63, 3.8) is 0 Å². The van der Waals surface area contributed by atoms with Crippen molar-refractivity contribution in [2.45, 2.75) is 19.5 Å². The van der Waals surface area contributed by atoms with Gasteiger partial charge in [-0.3, -0.25) is 9.59 Å². The molecule has 0 saturated carbocycles. The molecular weight excluding hydrogens is 504 g/mol. The van der Waals surface area contributed by atoms with Crippen LogP contribution in [0, 0.1) is 0 Å². The number of carbonyl (C=O) groups is 2. The Kier molecular flexibility index (Phi) is 7.44. The van der Waals surface area contributed by atoms with Gasteiger partial charge < -0.3 is 25.1 Å². The van der Waals surface area contributed by atoms with Gasteiger partial charge >= 0.3 is 0 Å². The number of rotatable bonds is 6. The average Bonchev–Trinajstić information content (AvgIpc) is 3.35. The molecular formula is C29H27ClN4O4. The van der Waals surface area contributed by atoms with E-state index in [-0.39, 0.29) is 24.4 Å². The molecule has 1 aliphatic rings. The van der Waals surface area contributed by atoms with Crippen molar-refractivity contribution in [1.29, 1.82) is 0 Å². The number of hydrogen-bond acceptors (Lipinski definition) is 6. The van der Waals surface area contributed by atoms with Crippen molar-refractivity contribution in [2.75, 3.05) is 25.5 Å². The first-order valence-corrected chi connectivity index (χ1v) is 12.6. The molecule has 2 aromatic carbocycles. The smallest absolute Gasteiger partial charge is 0.254 e. The van der Waals surface area contributed by atoms with Gasteiger partial charge in [0.15, 0.2) is 5.58 Å². The third-order valence-electron chi connectivity index (χ3n) is 6.39. The maximum absolute atomic E-state index is 12.9. The predicted octanol–water partition coefficient (Wildman–Crippen LogP) is 4.92. The standard InChI is InChI=1S/C29H27ClN4O4/c1-18-17-37-11-10-34(18)29(36)21-6-4-20(5-7-21)22-12-23-13-24(38-28(23)25(30)14-22)16-33-27(35)9-3-19-2-8-26(31)32-15-19/h2-9,12-15,18H,10-11,16-17H2,1H3,(H2,31,32)(H,33,35). The highest BCUT2D eigenvalue weighted by molar-refractivity contribution is 6.35. The summed E-state index contributed by atoms with van der Waals surface area (Å²) in [5.41, 5.74) is 9.36. The monoisotopic (exact) mass is 530 g/mol. The van der Waals surface area contributed by atoms with Gasteiger partial charge in [-0.25, -0.2) is 4.98 Å². The highest BCUT2D eigenvalue weighted by Gasteiger charge is 2.24. The fourth-order valence-electron chi connectivity index (χ4n) is 4.34. The zero-order valence-electron chi connectivity index (χ0n) is 20.8. The zero-order chi connectivity index (χ0) is 26.6. The molecule has 1 unspecified atom stereocenters. The largest absolute Gasteiger partial charge is 0.458 e. The van der Waals surface area contributed by atoms with Crippen LogP contribution in [0.1, 0.15) is 28.6 Å². The third kappa shape index (κ3) is 5.72. The van der Waals surface area contributed by atoms with E-state index in [2.05, 4.69) is 10.3 Å². The second-order valence-corrected chi connectivity index (χ2v) is 9.56. The van der Waals surface area contributed by atoms with E-state index < -0.39 is 0 Å². The van der Waals surface area contributed by atoms with E-state index in [0.717, 1.165) is 22.1 Å². The molecule has 0 radical (unpaired) electrons. The molecule has 1 saturated heterocycles. The molecule has 4 aromatic rings. The summed E-state index contributed by atoms with van der Waals surface area (Å²) in [6.45, 7) is 3.90. The number of nitrogens with two attached hydrogens (primary N) is 1. The fraction of sp³-hybridized carbons (Fsp3) is 0.207. The van der Waals surface area contributed by atoms with Gasteiger partial charge in [-0.05, 0) is 72.2 Å². The van der Waals surface area contributed by atoms with E-state index in [1.165, 1.54) is 6.08 Å². The van der Waals surface area contributed by atoms with E-state index in [9.17, 15) is 9.59 Å². The molecule has 1 aliphatic heterocycles. The first kappa shape index (κ1) is 25.5. The van der Waals surface area contributed by atoms with Crippen LogP contribution < -0.4 is 11.1 Å². The Morgan fingerprint density at radius 1 is 1.16 bits per heavy atom. The molecule has 8 nitrogen and oxygen atoms in total. The van der Waals surface area contributed by atoms with Gasteiger partial charge in [0.05, 0.1) is 30.8 Å². The number of nitrogen functional groups attached to an aromatic ring is 1. The Morgan fingerprint density at radius 2 is 1.97 bits per heavy atom. The van der Waals surface area contributed by atoms with Crippen LogP contribution in [0.4, 0.5) is 5.82 Å². The number of nitrogens with one attached hydrogen (secondary N) is 1. The number of aromatic nitrogens is 1. The Morgan fingerprint density at radius 3 is 2.71 bits per heavy atom. The van der Waals surface area contributed by atoms with E-state index in [4.69, 9.17) is 26.5 Å². The van der Waals surface area contributed by atoms with Gasteiger partial charge in [-0.15, -0.1) is 0 Å². The summed E-state index contributed by atoms with van der Waals surface area (Å²) in [7, 11) is 0. The average molecular weight is 531 g/mol. The van der Waals surface area contributed by atoms with Crippen LogP contribution in [0.2, 0.25) is 5.02 Å². The van der Waals surface area contributed by atoms with Crippen molar-refractivity contribution >= 4 is 46.3 Å². The van der Waals surface area contributed by atoms with Crippen molar-refractivity contribution in [3.05, 3.63) is 88.8 Å². The maximum atomic E-state index is 12.9. The first-order valence-electron chi connectivity index (χ1n) is 12.3. The highest BCUT2D eigenvalue weighted by Crippen LogP contribution is 2.33. The van der Waals surface area contributed by atoms with Gasteiger partial charge in [0.25, 0.3) is 5.91 Å². The summed E-state index contributed by atoms with van der Waals surface area (Å²) < 4.78 is 11.3. The number of carbonyl (C=O) groups excluding carboxylic acids is 2. The molecule has 1 atom stereocenters. The lowest BCUT2D eigenvalue weighted by Gasteiger charge is -2.33. The van der Waals surface area contributed by atoms with Crippen molar-refractivity contribution in [3.8, 4) is 11.1 Å². The number of amides is 2. The first-order chi connectivity index (χ1) is 18.4. The minimum absolute atomic E-state index is 0.00216. The second kappa shape index (κ2) is 11.1. The lowest BCUT2D eigenvalue weighted by Crippen LogP contribution is -2.47. The van der Waals surface area contributed by atoms with Crippen molar-refractivity contribution < 1.29 is 18.7 Å². The quantitative estimate of drug-likeness (QED) is 0.342. The Hall–Kier alpha value is -4.14. The predicted molar refractivity (Wildman–Crippen MR) is 148 cm³/mol. The number of benzene rings is 2. The lowest BCUT2D eigenvalue weighted by atomic mass is 10.0. The number of ether oxygens (including phenoxy) is 1. The molecule has 38 heavy (non-hydrogen) atoms. The summed E-state index contributed by atoms with van der Waals surface area (Å²) in [6.07, 6.45) is 4.67. The van der Waals surface area contributed by atoms with E-state index in [1.807, 2.05) is 54.3 Å².